The van der Waals surface area contributed by atoms with Crippen molar-refractivity contribution in [3.05, 3.63) is 30.1 Å². The molecular formula is C21H31FN3O3S+. The number of likely N-dealkylation sites (tertiary alicyclic amines) is 1. The average Bonchev–Trinajstić information content (AvgIpc) is 2.74. The number of quaternary nitrogens is 1. The highest BCUT2D eigenvalue weighted by Gasteiger charge is 2.35. The van der Waals surface area contributed by atoms with Crippen molar-refractivity contribution in [3.63, 3.8) is 0 Å². The molecule has 0 bridgehead atoms. The molecule has 2 saturated heterocycles. The topological polar surface area (TPSA) is 62.1 Å². The molecule has 1 amide bonds. The molecule has 1 aliphatic carbocycles. The van der Waals surface area contributed by atoms with E-state index in [0.29, 0.717) is 38.6 Å². The molecule has 0 spiro atoms. The maximum Gasteiger partial charge on any atom is 0.277 e. The number of rotatable bonds is 4. The molecule has 0 unspecified atom stereocenters. The van der Waals surface area contributed by atoms with E-state index in [4.69, 9.17) is 0 Å². The summed E-state index contributed by atoms with van der Waals surface area (Å²) in [5, 5.41) is 0. The second-order valence-electron chi connectivity index (χ2n) is 8.72. The fraction of sp³-hybridized carbons (Fsp3) is 0.667. The lowest BCUT2D eigenvalue weighted by Crippen LogP contribution is -3.15. The maximum absolute atomic E-state index is 13.4. The highest BCUT2D eigenvalue weighted by Crippen LogP contribution is 2.35. The first-order valence-electron chi connectivity index (χ1n) is 10.8. The quantitative estimate of drug-likeness (QED) is 0.776. The Hall–Kier alpha value is -1.51. The molecule has 1 N–H and O–H groups in total. The van der Waals surface area contributed by atoms with Crippen LogP contribution in [0, 0.1) is 17.7 Å². The van der Waals surface area contributed by atoms with Crippen molar-refractivity contribution in [1.29, 1.82) is 0 Å². The standard InChI is InChI=1S/C21H30FN3O3S/c22-19-6-3-7-20(14-19)29(27,28)25-12-10-23(11-13-25)16-21(26)24-9-8-17-4-1-2-5-18(17)15-24/h3,6-7,14,17-18H,1-2,4-5,8-13,15-16H2/p+1/t17-,18+/m0/s1. The minimum absolute atomic E-state index is 0.00706. The SMILES string of the molecule is O=C(C[NH+]1CCN(S(=O)(=O)c2cccc(F)c2)CC1)N1CC[C@@H]2CCCC[C@@H]2C1. The van der Waals surface area contributed by atoms with Crippen LogP contribution in [0.1, 0.15) is 32.1 Å². The molecule has 0 radical (unpaired) electrons. The van der Waals surface area contributed by atoms with Gasteiger partial charge in [0, 0.05) is 13.1 Å². The molecule has 1 aromatic carbocycles. The van der Waals surface area contributed by atoms with E-state index in [9.17, 15) is 17.6 Å². The highest BCUT2D eigenvalue weighted by atomic mass is 32.2. The summed E-state index contributed by atoms with van der Waals surface area (Å²) < 4.78 is 40.3. The number of sulfonamides is 1. The minimum Gasteiger partial charge on any atom is -0.338 e. The summed E-state index contributed by atoms with van der Waals surface area (Å²) >= 11 is 0. The molecular weight excluding hydrogens is 393 g/mol. The van der Waals surface area contributed by atoms with E-state index in [1.807, 2.05) is 4.90 Å². The van der Waals surface area contributed by atoms with Gasteiger partial charge in [0.25, 0.3) is 5.91 Å². The van der Waals surface area contributed by atoms with Gasteiger partial charge in [-0.2, -0.15) is 4.31 Å². The van der Waals surface area contributed by atoms with Gasteiger partial charge in [-0.25, -0.2) is 12.8 Å². The van der Waals surface area contributed by atoms with Gasteiger partial charge in [-0.15, -0.1) is 0 Å². The number of hydrogen-bond acceptors (Lipinski definition) is 3. The number of carbonyl (C=O) groups excluding carboxylic acids is 1. The molecule has 4 rings (SSSR count). The fourth-order valence-electron chi connectivity index (χ4n) is 5.15. The van der Waals surface area contributed by atoms with Crippen LogP contribution >= 0.6 is 0 Å². The number of piperidine rings is 1. The number of nitrogens with zero attached hydrogens (tertiary/aromatic N) is 2. The van der Waals surface area contributed by atoms with Gasteiger partial charge in [0.05, 0.1) is 31.1 Å². The number of nitrogens with one attached hydrogen (secondary N) is 1. The molecule has 3 aliphatic rings. The third-order valence-corrected chi connectivity index (χ3v) is 8.80. The number of piperazine rings is 1. The highest BCUT2D eigenvalue weighted by molar-refractivity contribution is 7.89. The van der Waals surface area contributed by atoms with Crippen molar-refractivity contribution in [2.75, 3.05) is 45.8 Å². The molecule has 1 saturated carbocycles. The number of benzene rings is 1. The molecule has 29 heavy (non-hydrogen) atoms. The van der Waals surface area contributed by atoms with Crippen LogP contribution in [0.5, 0.6) is 0 Å². The van der Waals surface area contributed by atoms with Crippen molar-refractivity contribution in [1.82, 2.24) is 9.21 Å². The van der Waals surface area contributed by atoms with Crippen LogP contribution in [0.4, 0.5) is 4.39 Å². The van der Waals surface area contributed by atoms with E-state index in [0.717, 1.165) is 36.4 Å². The summed E-state index contributed by atoms with van der Waals surface area (Å²) in [6, 6.07) is 5.14. The molecule has 160 valence electrons. The van der Waals surface area contributed by atoms with Crippen molar-refractivity contribution in [2.45, 2.75) is 37.0 Å². The zero-order valence-electron chi connectivity index (χ0n) is 16.9. The molecule has 2 heterocycles. The number of hydrogen-bond donors (Lipinski definition) is 1. The van der Waals surface area contributed by atoms with Crippen LogP contribution in [-0.4, -0.2) is 69.3 Å². The Morgan fingerprint density at radius 3 is 2.52 bits per heavy atom. The number of amides is 1. The van der Waals surface area contributed by atoms with Gasteiger partial charge in [0.1, 0.15) is 5.82 Å². The molecule has 1 aromatic rings. The van der Waals surface area contributed by atoms with Crippen LogP contribution in [0.25, 0.3) is 0 Å². The van der Waals surface area contributed by atoms with Crippen molar-refractivity contribution >= 4 is 15.9 Å². The van der Waals surface area contributed by atoms with Gasteiger partial charge >= 0.3 is 0 Å². The summed E-state index contributed by atoms with van der Waals surface area (Å²) in [4.78, 5) is 16.0. The molecule has 6 nitrogen and oxygen atoms in total. The molecule has 3 fully saturated rings. The Morgan fingerprint density at radius 1 is 1.07 bits per heavy atom. The normalized spacial score (nSPS) is 26.9. The summed E-state index contributed by atoms with van der Waals surface area (Å²) in [7, 11) is -3.69. The Labute approximate surface area is 172 Å². The van der Waals surface area contributed by atoms with Crippen LogP contribution in [0.2, 0.25) is 0 Å². The number of halogens is 1. The molecule has 2 atom stereocenters. The van der Waals surface area contributed by atoms with Crippen molar-refractivity contribution < 1.29 is 22.5 Å². The van der Waals surface area contributed by atoms with E-state index in [-0.39, 0.29) is 10.8 Å². The third kappa shape index (κ3) is 4.64. The lowest BCUT2D eigenvalue weighted by Gasteiger charge is -2.41. The average molecular weight is 425 g/mol. The zero-order valence-corrected chi connectivity index (χ0v) is 17.7. The van der Waals surface area contributed by atoms with Gasteiger partial charge < -0.3 is 9.80 Å². The van der Waals surface area contributed by atoms with Crippen LogP contribution in [-0.2, 0) is 14.8 Å². The van der Waals surface area contributed by atoms with Crippen LogP contribution in [0.15, 0.2) is 29.2 Å². The van der Waals surface area contributed by atoms with Gasteiger partial charge in [-0.1, -0.05) is 25.3 Å². The number of carbonyl (C=O) groups is 1. The van der Waals surface area contributed by atoms with E-state index < -0.39 is 15.8 Å². The first kappa shape index (κ1) is 20.8. The first-order valence-corrected chi connectivity index (χ1v) is 12.2. The van der Waals surface area contributed by atoms with E-state index in [1.165, 1.54) is 48.2 Å². The smallest absolute Gasteiger partial charge is 0.277 e. The van der Waals surface area contributed by atoms with E-state index >= 15 is 0 Å². The monoisotopic (exact) mass is 424 g/mol. The molecule has 0 aromatic heterocycles. The van der Waals surface area contributed by atoms with Crippen molar-refractivity contribution in [3.8, 4) is 0 Å². The number of fused-ring (bicyclic) bond motifs is 1. The van der Waals surface area contributed by atoms with E-state index in [1.54, 1.807) is 0 Å². The Bertz CT molecular complexity index is 839. The van der Waals surface area contributed by atoms with Gasteiger partial charge in [-0.05, 0) is 42.9 Å². The maximum atomic E-state index is 13.4. The Kier molecular flexibility index (Phi) is 6.22. The second-order valence-corrected chi connectivity index (χ2v) is 10.7. The lowest BCUT2D eigenvalue weighted by molar-refractivity contribution is -0.896. The Morgan fingerprint density at radius 2 is 1.79 bits per heavy atom. The first-order chi connectivity index (χ1) is 13.9. The Balaban J connectivity index is 1.29. The minimum atomic E-state index is -3.69. The van der Waals surface area contributed by atoms with Gasteiger partial charge in [0.2, 0.25) is 10.0 Å². The predicted molar refractivity (Wildman–Crippen MR) is 107 cm³/mol. The largest absolute Gasteiger partial charge is 0.338 e. The summed E-state index contributed by atoms with van der Waals surface area (Å²) in [5.41, 5.74) is 0. The summed E-state index contributed by atoms with van der Waals surface area (Å²) in [5.74, 6) is 1.12. The van der Waals surface area contributed by atoms with Crippen molar-refractivity contribution in [2.24, 2.45) is 11.8 Å². The van der Waals surface area contributed by atoms with Crippen LogP contribution in [0.3, 0.4) is 0 Å². The molecule has 2 aliphatic heterocycles. The zero-order chi connectivity index (χ0) is 20.4. The summed E-state index contributed by atoms with van der Waals surface area (Å²) in [6.45, 7) is 4.11. The molecule has 8 heteroatoms. The van der Waals surface area contributed by atoms with E-state index in [2.05, 4.69) is 0 Å². The fourth-order valence-corrected chi connectivity index (χ4v) is 6.62. The predicted octanol–water partition coefficient (Wildman–Crippen LogP) is 0.754. The van der Waals surface area contributed by atoms with Gasteiger partial charge in [-0.3, -0.25) is 4.79 Å². The lowest BCUT2D eigenvalue weighted by atomic mass is 9.75. The summed E-state index contributed by atoms with van der Waals surface area (Å²) in [6.07, 6.45) is 6.32. The van der Waals surface area contributed by atoms with Gasteiger partial charge in [0.15, 0.2) is 6.54 Å². The third-order valence-electron chi connectivity index (χ3n) is 6.91. The second kappa shape index (κ2) is 8.70. The van der Waals surface area contributed by atoms with Crippen LogP contribution < -0.4 is 4.90 Å².